The van der Waals surface area contributed by atoms with E-state index in [9.17, 15) is 27.2 Å². The second-order valence-corrected chi connectivity index (χ2v) is 4.23. The van der Waals surface area contributed by atoms with Gasteiger partial charge in [0.15, 0.2) is 23.3 Å². The minimum Gasteiger partial charge on any atom is -0.420 e. The molecule has 0 amide bonds. The predicted molar refractivity (Wildman–Crippen MR) is 68.6 cm³/mol. The van der Waals surface area contributed by atoms with Gasteiger partial charge in [-0.25, -0.2) is 17.6 Å². The highest BCUT2D eigenvalue weighted by atomic mass is 19.1. The van der Waals surface area contributed by atoms with E-state index in [2.05, 4.69) is 9.47 Å². The number of esters is 2. The first-order valence-electron chi connectivity index (χ1n) is 6.18. The maximum atomic E-state index is 13.3. The quantitative estimate of drug-likeness (QED) is 0.374. The molecule has 0 saturated carbocycles. The standard InChI is InChI=1S/C15H8F4O4/c16-8-3-1-4-9(17)14(8)22-12(20)7-13(21)23-15-10(18)5-2-6-11(15)19/h1-6H,7H2. The zero-order valence-electron chi connectivity index (χ0n) is 11.3. The van der Waals surface area contributed by atoms with Gasteiger partial charge in [0.1, 0.15) is 6.42 Å². The molecule has 0 saturated heterocycles. The summed E-state index contributed by atoms with van der Waals surface area (Å²) in [4.78, 5) is 22.9. The van der Waals surface area contributed by atoms with Gasteiger partial charge < -0.3 is 9.47 Å². The van der Waals surface area contributed by atoms with Gasteiger partial charge >= 0.3 is 11.9 Å². The van der Waals surface area contributed by atoms with Gasteiger partial charge in [-0.15, -0.1) is 0 Å². The van der Waals surface area contributed by atoms with Crippen LogP contribution in [0.25, 0.3) is 0 Å². The first kappa shape index (κ1) is 16.5. The minimum atomic E-state index is -1.35. The van der Waals surface area contributed by atoms with Crippen molar-refractivity contribution >= 4 is 11.9 Å². The number of hydrogen-bond donors (Lipinski definition) is 0. The van der Waals surface area contributed by atoms with Crippen LogP contribution < -0.4 is 9.47 Å². The zero-order chi connectivity index (χ0) is 17.0. The number of ether oxygens (including phenoxy) is 2. The molecule has 0 aliphatic carbocycles. The number of carbonyl (C=O) groups excluding carboxylic acids is 2. The highest BCUT2D eigenvalue weighted by molar-refractivity contribution is 5.93. The van der Waals surface area contributed by atoms with Crippen LogP contribution in [0, 0.1) is 23.3 Å². The maximum Gasteiger partial charge on any atom is 0.322 e. The van der Waals surface area contributed by atoms with Crippen LogP contribution in [0.3, 0.4) is 0 Å². The highest BCUT2D eigenvalue weighted by Crippen LogP contribution is 2.23. The van der Waals surface area contributed by atoms with Gasteiger partial charge in [0.05, 0.1) is 0 Å². The van der Waals surface area contributed by atoms with E-state index in [-0.39, 0.29) is 0 Å². The smallest absolute Gasteiger partial charge is 0.322 e. The Kier molecular flexibility index (Phi) is 4.95. The molecule has 2 aromatic carbocycles. The Morgan fingerprint density at radius 1 is 0.696 bits per heavy atom. The average Bonchev–Trinajstić information content (AvgIpc) is 2.47. The largest absolute Gasteiger partial charge is 0.420 e. The van der Waals surface area contributed by atoms with Crippen molar-refractivity contribution in [1.29, 1.82) is 0 Å². The van der Waals surface area contributed by atoms with Gasteiger partial charge in [0.2, 0.25) is 11.5 Å². The van der Waals surface area contributed by atoms with E-state index in [0.29, 0.717) is 0 Å². The monoisotopic (exact) mass is 328 g/mol. The Morgan fingerprint density at radius 3 is 1.30 bits per heavy atom. The number of hydrogen-bond acceptors (Lipinski definition) is 4. The molecule has 0 radical (unpaired) electrons. The Morgan fingerprint density at radius 2 is 1.00 bits per heavy atom. The van der Waals surface area contributed by atoms with Crippen molar-refractivity contribution in [3.63, 3.8) is 0 Å². The molecule has 2 aromatic rings. The van der Waals surface area contributed by atoms with Gasteiger partial charge in [0, 0.05) is 0 Å². The lowest BCUT2D eigenvalue weighted by Crippen LogP contribution is -2.19. The molecule has 0 atom stereocenters. The Balaban J connectivity index is 2.02. The summed E-state index contributed by atoms with van der Waals surface area (Å²) in [7, 11) is 0. The van der Waals surface area contributed by atoms with Crippen LogP contribution in [0.1, 0.15) is 6.42 Å². The fraction of sp³-hybridized carbons (Fsp3) is 0.0667. The molecule has 0 fully saturated rings. The molecule has 8 heteroatoms. The third kappa shape index (κ3) is 4.06. The molecule has 23 heavy (non-hydrogen) atoms. The minimum absolute atomic E-state index is 0.846. The van der Waals surface area contributed by atoms with Gasteiger partial charge in [-0.2, -0.15) is 0 Å². The molecule has 0 aliphatic rings. The summed E-state index contributed by atoms with van der Waals surface area (Å²) in [6, 6.07) is 5.49. The van der Waals surface area contributed by atoms with E-state index in [1.807, 2.05) is 0 Å². The van der Waals surface area contributed by atoms with Crippen LogP contribution in [-0.2, 0) is 9.59 Å². The van der Waals surface area contributed by atoms with Crippen LogP contribution in [0.2, 0.25) is 0 Å². The lowest BCUT2D eigenvalue weighted by Gasteiger charge is -2.07. The topological polar surface area (TPSA) is 52.6 Å². The zero-order valence-corrected chi connectivity index (χ0v) is 11.3. The van der Waals surface area contributed by atoms with Crippen LogP contribution in [0.4, 0.5) is 17.6 Å². The van der Waals surface area contributed by atoms with Gasteiger partial charge in [-0.1, -0.05) is 12.1 Å². The molecule has 120 valence electrons. The first-order chi connectivity index (χ1) is 10.9. The molecular formula is C15H8F4O4. The summed E-state index contributed by atoms with van der Waals surface area (Å²) in [6.07, 6.45) is -1.10. The summed E-state index contributed by atoms with van der Waals surface area (Å²) in [5.41, 5.74) is 0. The van der Waals surface area contributed by atoms with Gasteiger partial charge in [-0.05, 0) is 24.3 Å². The summed E-state index contributed by atoms with van der Waals surface area (Å²) in [5.74, 6) is -9.26. The SMILES string of the molecule is O=C(CC(=O)Oc1c(F)cccc1F)Oc1c(F)cccc1F. The molecule has 0 aromatic heterocycles. The summed E-state index contributed by atoms with van der Waals surface area (Å²) in [5, 5.41) is 0. The molecule has 0 bridgehead atoms. The number of rotatable bonds is 4. The summed E-state index contributed by atoms with van der Waals surface area (Å²) < 4.78 is 61.8. The molecule has 0 heterocycles. The van der Waals surface area contributed by atoms with Crippen molar-refractivity contribution < 1.29 is 36.6 Å². The second-order valence-electron chi connectivity index (χ2n) is 4.23. The Hall–Kier alpha value is -2.90. The van der Waals surface area contributed by atoms with Crippen molar-refractivity contribution in [1.82, 2.24) is 0 Å². The van der Waals surface area contributed by atoms with Crippen LogP contribution in [-0.4, -0.2) is 11.9 Å². The van der Waals surface area contributed by atoms with Crippen molar-refractivity contribution in [2.24, 2.45) is 0 Å². The maximum absolute atomic E-state index is 13.3. The molecular weight excluding hydrogens is 320 g/mol. The first-order valence-corrected chi connectivity index (χ1v) is 6.18. The molecule has 2 rings (SSSR count). The molecule has 0 spiro atoms. The van der Waals surface area contributed by atoms with Crippen molar-refractivity contribution in [2.75, 3.05) is 0 Å². The van der Waals surface area contributed by atoms with E-state index in [1.165, 1.54) is 0 Å². The number of benzene rings is 2. The molecule has 0 N–H and O–H groups in total. The summed E-state index contributed by atoms with van der Waals surface area (Å²) in [6.45, 7) is 0. The van der Waals surface area contributed by atoms with Crippen molar-refractivity contribution in [3.05, 3.63) is 59.7 Å². The number of carbonyl (C=O) groups is 2. The summed E-state index contributed by atoms with van der Waals surface area (Å²) >= 11 is 0. The lowest BCUT2D eigenvalue weighted by molar-refractivity contribution is -0.144. The van der Waals surface area contributed by atoms with Crippen molar-refractivity contribution in [3.8, 4) is 11.5 Å². The van der Waals surface area contributed by atoms with E-state index in [1.54, 1.807) is 0 Å². The average molecular weight is 328 g/mol. The fourth-order valence-electron chi connectivity index (χ4n) is 1.58. The van der Waals surface area contributed by atoms with Gasteiger partial charge in [0.25, 0.3) is 0 Å². The third-order valence-corrected chi connectivity index (χ3v) is 2.56. The molecule has 0 aliphatic heterocycles. The molecule has 0 unspecified atom stereocenters. The van der Waals surface area contributed by atoms with E-state index in [0.717, 1.165) is 36.4 Å². The lowest BCUT2D eigenvalue weighted by atomic mass is 10.3. The normalized spacial score (nSPS) is 10.3. The third-order valence-electron chi connectivity index (χ3n) is 2.56. The van der Waals surface area contributed by atoms with Crippen LogP contribution >= 0.6 is 0 Å². The van der Waals surface area contributed by atoms with Crippen molar-refractivity contribution in [2.45, 2.75) is 6.42 Å². The fourth-order valence-corrected chi connectivity index (χ4v) is 1.58. The number of para-hydroxylation sites is 2. The predicted octanol–water partition coefficient (Wildman–Crippen LogP) is 3.14. The van der Waals surface area contributed by atoms with Crippen LogP contribution in [0.5, 0.6) is 11.5 Å². The Labute approximate surface area is 127 Å². The van der Waals surface area contributed by atoms with E-state index in [4.69, 9.17) is 0 Å². The van der Waals surface area contributed by atoms with E-state index < -0.39 is 53.1 Å². The van der Waals surface area contributed by atoms with Crippen LogP contribution in [0.15, 0.2) is 36.4 Å². The second kappa shape index (κ2) is 6.91. The highest BCUT2D eigenvalue weighted by Gasteiger charge is 2.20. The Bertz CT molecular complexity index is 657. The van der Waals surface area contributed by atoms with Gasteiger partial charge in [-0.3, -0.25) is 9.59 Å². The number of halogens is 4. The molecule has 4 nitrogen and oxygen atoms in total. The van der Waals surface area contributed by atoms with E-state index >= 15 is 0 Å².